The molecule has 5 rings (SSSR count). The molecule has 110 valence electrons. The molecule has 0 radical (unpaired) electrons. The number of aryl methyl sites for hydroxylation is 2. The van der Waals surface area contributed by atoms with Gasteiger partial charge in [0.25, 0.3) is 0 Å². The van der Waals surface area contributed by atoms with Crippen LogP contribution in [0.4, 0.5) is 0 Å². The number of hydrogen-bond donors (Lipinski definition) is 2. The number of aromatic amines is 1. The zero-order valence-electron chi connectivity index (χ0n) is 12.9. The van der Waals surface area contributed by atoms with Crippen molar-refractivity contribution in [3.05, 3.63) is 23.0 Å². The number of rotatable bonds is 3. The lowest BCUT2D eigenvalue weighted by Crippen LogP contribution is -2.48. The summed E-state index contributed by atoms with van der Waals surface area (Å²) in [6.07, 6.45) is 7.52. The highest BCUT2D eigenvalue weighted by atomic mass is 14.7. The van der Waals surface area contributed by atoms with Crippen molar-refractivity contribution in [1.29, 1.82) is 0 Å². The van der Waals surface area contributed by atoms with E-state index in [4.69, 9.17) is 5.73 Å². The lowest BCUT2D eigenvalue weighted by molar-refractivity contribution is -0.0468. The van der Waals surface area contributed by atoms with Gasteiger partial charge in [0.2, 0.25) is 0 Å². The molecular weight excluding hydrogens is 244 g/mol. The lowest BCUT2D eigenvalue weighted by Gasteiger charge is -2.56. The normalized spacial score (nSPS) is 40.2. The Morgan fingerprint density at radius 1 is 1.10 bits per heavy atom. The highest BCUT2D eigenvalue weighted by molar-refractivity contribution is 5.30. The molecule has 1 unspecified atom stereocenters. The van der Waals surface area contributed by atoms with Gasteiger partial charge in [-0.05, 0) is 93.7 Å². The maximum Gasteiger partial charge on any atom is 0.0153 e. The zero-order valence-corrected chi connectivity index (χ0v) is 12.9. The molecule has 1 atom stereocenters. The van der Waals surface area contributed by atoms with Crippen LogP contribution < -0.4 is 5.73 Å². The summed E-state index contributed by atoms with van der Waals surface area (Å²) >= 11 is 0. The molecular formula is C18H28N2. The Balaban J connectivity index is 1.66. The molecule has 0 aliphatic heterocycles. The molecule has 2 heteroatoms. The fraction of sp³-hybridized carbons (Fsp3) is 0.778. The van der Waals surface area contributed by atoms with Crippen LogP contribution in [0.2, 0.25) is 0 Å². The van der Waals surface area contributed by atoms with Crippen LogP contribution in [-0.4, -0.2) is 11.5 Å². The van der Waals surface area contributed by atoms with Crippen LogP contribution >= 0.6 is 0 Å². The van der Waals surface area contributed by atoms with Gasteiger partial charge < -0.3 is 10.7 Å². The Morgan fingerprint density at radius 2 is 1.70 bits per heavy atom. The molecule has 1 aromatic rings. The first-order valence-electron chi connectivity index (χ1n) is 8.52. The SMILES string of the molecule is Cc1cc(C(CN)C2C3CC4CC(C3)CC2C4)c(C)[nH]1. The standard InChI is InChI=1S/C18H28N2/c1-10-3-16(11(2)20-10)17(9-19)18-14-5-12-4-13(7-14)8-15(18)6-12/h3,12-15,17-18,20H,4-9,19H2,1-2H3. The van der Waals surface area contributed by atoms with Gasteiger partial charge in [-0.25, -0.2) is 0 Å². The largest absolute Gasteiger partial charge is 0.362 e. The average molecular weight is 272 g/mol. The molecule has 4 bridgehead atoms. The second-order valence-corrected chi connectivity index (χ2v) is 7.88. The third-order valence-corrected chi connectivity index (χ3v) is 6.61. The van der Waals surface area contributed by atoms with E-state index in [-0.39, 0.29) is 0 Å². The third-order valence-electron chi connectivity index (χ3n) is 6.61. The summed E-state index contributed by atoms with van der Waals surface area (Å²) in [7, 11) is 0. The van der Waals surface area contributed by atoms with Crippen molar-refractivity contribution in [3.8, 4) is 0 Å². The fourth-order valence-electron chi connectivity index (χ4n) is 6.25. The van der Waals surface area contributed by atoms with Crippen LogP contribution in [0.25, 0.3) is 0 Å². The van der Waals surface area contributed by atoms with E-state index >= 15 is 0 Å². The van der Waals surface area contributed by atoms with Crippen LogP contribution in [0.5, 0.6) is 0 Å². The van der Waals surface area contributed by atoms with Gasteiger partial charge in [0, 0.05) is 17.3 Å². The molecule has 4 saturated carbocycles. The predicted octanol–water partition coefficient (Wildman–Crippen LogP) is 3.75. The van der Waals surface area contributed by atoms with Gasteiger partial charge in [-0.1, -0.05) is 0 Å². The Hall–Kier alpha value is -0.760. The Kier molecular flexibility index (Phi) is 2.99. The predicted molar refractivity (Wildman–Crippen MR) is 82.6 cm³/mol. The summed E-state index contributed by atoms with van der Waals surface area (Å²) in [6, 6.07) is 2.36. The van der Waals surface area contributed by atoms with Gasteiger partial charge in [0.15, 0.2) is 0 Å². The molecule has 1 heterocycles. The molecule has 0 amide bonds. The molecule has 4 aliphatic rings. The van der Waals surface area contributed by atoms with Gasteiger partial charge in [0.1, 0.15) is 0 Å². The van der Waals surface area contributed by atoms with E-state index in [1.54, 1.807) is 0 Å². The minimum absolute atomic E-state index is 0.593. The van der Waals surface area contributed by atoms with Crippen LogP contribution in [0.1, 0.15) is 55.0 Å². The Morgan fingerprint density at radius 3 is 2.15 bits per heavy atom. The number of nitrogens with one attached hydrogen (secondary N) is 1. The number of nitrogens with two attached hydrogens (primary N) is 1. The third kappa shape index (κ3) is 1.88. The molecule has 20 heavy (non-hydrogen) atoms. The maximum atomic E-state index is 6.25. The topological polar surface area (TPSA) is 41.8 Å². The van der Waals surface area contributed by atoms with Crippen LogP contribution in [-0.2, 0) is 0 Å². The maximum absolute atomic E-state index is 6.25. The van der Waals surface area contributed by atoms with Gasteiger partial charge >= 0.3 is 0 Å². The van der Waals surface area contributed by atoms with Crippen molar-refractivity contribution in [2.24, 2.45) is 35.3 Å². The molecule has 0 spiro atoms. The minimum Gasteiger partial charge on any atom is -0.362 e. The molecule has 1 aromatic heterocycles. The summed E-state index contributed by atoms with van der Waals surface area (Å²) in [4.78, 5) is 3.49. The highest BCUT2D eigenvalue weighted by Gasteiger charge is 2.50. The van der Waals surface area contributed by atoms with Crippen molar-refractivity contribution < 1.29 is 0 Å². The van der Waals surface area contributed by atoms with E-state index in [0.717, 1.165) is 36.1 Å². The molecule has 4 aliphatic carbocycles. The van der Waals surface area contributed by atoms with Crippen molar-refractivity contribution in [1.82, 2.24) is 4.98 Å². The first-order chi connectivity index (χ1) is 9.65. The first-order valence-corrected chi connectivity index (χ1v) is 8.52. The molecule has 2 nitrogen and oxygen atoms in total. The summed E-state index contributed by atoms with van der Waals surface area (Å²) in [5.41, 5.74) is 10.4. The summed E-state index contributed by atoms with van der Waals surface area (Å²) in [5.74, 6) is 5.50. The van der Waals surface area contributed by atoms with E-state index in [2.05, 4.69) is 24.9 Å². The van der Waals surface area contributed by atoms with E-state index in [9.17, 15) is 0 Å². The fourth-order valence-corrected chi connectivity index (χ4v) is 6.25. The van der Waals surface area contributed by atoms with Crippen molar-refractivity contribution in [3.63, 3.8) is 0 Å². The van der Waals surface area contributed by atoms with Gasteiger partial charge in [0.05, 0.1) is 0 Å². The van der Waals surface area contributed by atoms with E-state index in [1.165, 1.54) is 49.1 Å². The number of hydrogen-bond acceptors (Lipinski definition) is 1. The summed E-state index contributed by atoms with van der Waals surface area (Å²) < 4.78 is 0. The Bertz CT molecular complexity index is 474. The Labute approximate surface area is 122 Å². The average Bonchev–Trinajstić information content (AvgIpc) is 2.72. The number of H-pyrrole nitrogens is 1. The van der Waals surface area contributed by atoms with Crippen LogP contribution in [0.3, 0.4) is 0 Å². The summed E-state index contributed by atoms with van der Waals surface area (Å²) in [5, 5.41) is 0. The van der Waals surface area contributed by atoms with E-state index in [0.29, 0.717) is 5.92 Å². The number of aromatic nitrogens is 1. The van der Waals surface area contributed by atoms with E-state index < -0.39 is 0 Å². The second kappa shape index (κ2) is 4.62. The van der Waals surface area contributed by atoms with Crippen molar-refractivity contribution in [2.45, 2.75) is 51.9 Å². The van der Waals surface area contributed by atoms with Gasteiger partial charge in [-0.3, -0.25) is 0 Å². The minimum atomic E-state index is 0.593. The molecule has 4 fully saturated rings. The molecule has 0 saturated heterocycles. The monoisotopic (exact) mass is 272 g/mol. The van der Waals surface area contributed by atoms with Crippen LogP contribution in [0.15, 0.2) is 6.07 Å². The van der Waals surface area contributed by atoms with Crippen molar-refractivity contribution >= 4 is 0 Å². The van der Waals surface area contributed by atoms with Crippen LogP contribution in [0, 0.1) is 43.4 Å². The van der Waals surface area contributed by atoms with Crippen molar-refractivity contribution in [2.75, 3.05) is 6.54 Å². The zero-order chi connectivity index (χ0) is 13.9. The van der Waals surface area contributed by atoms with Gasteiger partial charge in [-0.2, -0.15) is 0 Å². The van der Waals surface area contributed by atoms with E-state index in [1.807, 2.05) is 0 Å². The molecule has 0 aromatic carbocycles. The second-order valence-electron chi connectivity index (χ2n) is 7.88. The smallest absolute Gasteiger partial charge is 0.0153 e. The quantitative estimate of drug-likeness (QED) is 0.864. The first kappa shape index (κ1) is 12.9. The van der Waals surface area contributed by atoms with Gasteiger partial charge in [-0.15, -0.1) is 0 Å². The highest BCUT2D eigenvalue weighted by Crippen LogP contribution is 2.59. The summed E-state index contributed by atoms with van der Waals surface area (Å²) in [6.45, 7) is 5.22. The molecule has 3 N–H and O–H groups in total. The lowest BCUT2D eigenvalue weighted by atomic mass is 9.49.